The summed E-state index contributed by atoms with van der Waals surface area (Å²) in [7, 11) is 1.83. The number of anilines is 1. The van der Waals surface area contributed by atoms with Crippen molar-refractivity contribution in [1.82, 2.24) is 34.8 Å². The van der Waals surface area contributed by atoms with Crippen molar-refractivity contribution in [3.8, 4) is 0 Å². The Morgan fingerprint density at radius 2 is 1.83 bits per heavy atom. The molecule has 0 saturated carbocycles. The van der Waals surface area contributed by atoms with Crippen molar-refractivity contribution in [2.24, 2.45) is 7.05 Å². The van der Waals surface area contributed by atoms with Gasteiger partial charge in [0.15, 0.2) is 17.0 Å². The number of hydrogen-bond acceptors (Lipinski definition) is 7. The minimum atomic E-state index is 0.263. The molecule has 0 aliphatic carbocycles. The minimum Gasteiger partial charge on any atom is -0.352 e. The van der Waals surface area contributed by atoms with Gasteiger partial charge < -0.3 is 9.80 Å². The molecule has 128 valence electrons. The number of amides is 1. The van der Waals surface area contributed by atoms with Crippen LogP contribution >= 0.6 is 0 Å². The van der Waals surface area contributed by atoms with Gasteiger partial charge in [-0.2, -0.15) is 0 Å². The Morgan fingerprint density at radius 3 is 2.58 bits per heavy atom. The summed E-state index contributed by atoms with van der Waals surface area (Å²) in [5.74, 6) is 1.10. The van der Waals surface area contributed by atoms with E-state index in [-0.39, 0.29) is 5.91 Å². The van der Waals surface area contributed by atoms with Crippen LogP contribution in [0.3, 0.4) is 0 Å². The van der Waals surface area contributed by atoms with Crippen molar-refractivity contribution >= 4 is 22.9 Å². The van der Waals surface area contributed by atoms with Gasteiger partial charge in [0.25, 0.3) is 0 Å². The number of nitrogens with zero attached hydrogens (tertiary/aromatic N) is 8. The first-order valence-electron chi connectivity index (χ1n) is 8.48. The standard InChI is InChI=1S/C15H22N8O/c1-20-14-13(18-19-20)15(17-11-16-14)23-8-6-21(7-9-23)10-12(24)22-4-2-3-5-22/h11H,2-10H2,1H3. The van der Waals surface area contributed by atoms with Crippen LogP contribution in [0, 0.1) is 0 Å². The van der Waals surface area contributed by atoms with Gasteiger partial charge in [-0.25, -0.2) is 14.6 Å². The van der Waals surface area contributed by atoms with E-state index in [1.165, 1.54) is 0 Å². The van der Waals surface area contributed by atoms with E-state index in [0.717, 1.165) is 69.1 Å². The van der Waals surface area contributed by atoms with Crippen LogP contribution in [-0.2, 0) is 11.8 Å². The lowest BCUT2D eigenvalue weighted by Gasteiger charge is -2.35. The van der Waals surface area contributed by atoms with Crippen LogP contribution in [-0.4, -0.2) is 86.5 Å². The Hall–Kier alpha value is -2.29. The highest BCUT2D eigenvalue weighted by molar-refractivity contribution is 5.82. The maximum Gasteiger partial charge on any atom is 0.236 e. The monoisotopic (exact) mass is 330 g/mol. The summed E-state index contributed by atoms with van der Waals surface area (Å²) < 4.78 is 1.66. The molecule has 0 spiro atoms. The SMILES string of the molecule is Cn1nnc2c(N3CCN(CC(=O)N4CCCC4)CC3)ncnc21. The molecule has 9 heteroatoms. The smallest absolute Gasteiger partial charge is 0.236 e. The summed E-state index contributed by atoms with van der Waals surface area (Å²) in [6.07, 6.45) is 3.84. The second kappa shape index (κ2) is 6.31. The molecule has 0 unspecified atom stereocenters. The molecule has 4 rings (SSSR count). The number of fused-ring (bicyclic) bond motifs is 1. The predicted molar refractivity (Wildman–Crippen MR) is 88.6 cm³/mol. The van der Waals surface area contributed by atoms with E-state index in [1.54, 1.807) is 11.0 Å². The van der Waals surface area contributed by atoms with Gasteiger partial charge in [0, 0.05) is 46.3 Å². The molecule has 9 nitrogen and oxygen atoms in total. The molecule has 2 saturated heterocycles. The maximum absolute atomic E-state index is 12.3. The van der Waals surface area contributed by atoms with Crippen molar-refractivity contribution in [2.75, 3.05) is 50.7 Å². The van der Waals surface area contributed by atoms with E-state index in [9.17, 15) is 4.79 Å². The lowest BCUT2D eigenvalue weighted by atomic mass is 10.3. The van der Waals surface area contributed by atoms with Gasteiger partial charge in [-0.15, -0.1) is 5.10 Å². The average Bonchev–Trinajstić information content (AvgIpc) is 3.26. The molecule has 24 heavy (non-hydrogen) atoms. The van der Waals surface area contributed by atoms with E-state index < -0.39 is 0 Å². The normalized spacial score (nSPS) is 19.4. The van der Waals surface area contributed by atoms with Crippen LogP contribution in [0.15, 0.2) is 6.33 Å². The second-order valence-corrected chi connectivity index (χ2v) is 6.43. The number of carbonyl (C=O) groups excluding carboxylic acids is 1. The van der Waals surface area contributed by atoms with Gasteiger partial charge in [0.1, 0.15) is 6.33 Å². The van der Waals surface area contributed by atoms with E-state index in [1.807, 2.05) is 11.9 Å². The lowest BCUT2D eigenvalue weighted by Crippen LogP contribution is -2.50. The molecule has 0 bridgehead atoms. The fourth-order valence-corrected chi connectivity index (χ4v) is 3.45. The Morgan fingerprint density at radius 1 is 1.08 bits per heavy atom. The van der Waals surface area contributed by atoms with Crippen LogP contribution < -0.4 is 4.90 Å². The maximum atomic E-state index is 12.3. The fourth-order valence-electron chi connectivity index (χ4n) is 3.45. The largest absolute Gasteiger partial charge is 0.352 e. The van der Waals surface area contributed by atoms with E-state index >= 15 is 0 Å². The molecule has 0 aromatic carbocycles. The van der Waals surface area contributed by atoms with Crippen molar-refractivity contribution in [3.63, 3.8) is 0 Å². The van der Waals surface area contributed by atoms with Gasteiger partial charge in [0.05, 0.1) is 6.54 Å². The van der Waals surface area contributed by atoms with Crippen molar-refractivity contribution in [1.29, 1.82) is 0 Å². The molecule has 2 aliphatic heterocycles. The Labute approximate surface area is 140 Å². The van der Waals surface area contributed by atoms with Crippen LogP contribution in [0.2, 0.25) is 0 Å². The number of carbonyl (C=O) groups is 1. The molecule has 2 fully saturated rings. The molecule has 1 amide bonds. The number of likely N-dealkylation sites (tertiary alicyclic amines) is 1. The van der Waals surface area contributed by atoms with E-state index in [2.05, 4.69) is 30.1 Å². The zero-order valence-electron chi connectivity index (χ0n) is 13.9. The number of hydrogen-bond donors (Lipinski definition) is 0. The van der Waals surface area contributed by atoms with Crippen molar-refractivity contribution in [3.05, 3.63) is 6.33 Å². The third-order valence-corrected chi connectivity index (χ3v) is 4.86. The predicted octanol–water partition coefficient (Wildman–Crippen LogP) is -0.497. The number of aromatic nitrogens is 5. The zero-order valence-corrected chi connectivity index (χ0v) is 13.9. The summed E-state index contributed by atoms with van der Waals surface area (Å²) in [5.41, 5.74) is 1.48. The van der Waals surface area contributed by atoms with Gasteiger partial charge in [-0.05, 0) is 12.8 Å². The topological polar surface area (TPSA) is 83.3 Å². The molecule has 2 aromatic rings. The molecule has 2 aliphatic rings. The second-order valence-electron chi connectivity index (χ2n) is 6.43. The Bertz CT molecular complexity index is 730. The third-order valence-electron chi connectivity index (χ3n) is 4.86. The van der Waals surface area contributed by atoms with Crippen LogP contribution in [0.4, 0.5) is 5.82 Å². The van der Waals surface area contributed by atoms with Crippen LogP contribution in [0.5, 0.6) is 0 Å². The molecular formula is C15H22N8O. The quantitative estimate of drug-likeness (QED) is 0.750. The number of aryl methyl sites for hydroxylation is 1. The summed E-state index contributed by atoms with van der Waals surface area (Å²) in [4.78, 5) is 27.3. The molecule has 0 atom stereocenters. The zero-order chi connectivity index (χ0) is 16.5. The minimum absolute atomic E-state index is 0.263. The first-order chi connectivity index (χ1) is 11.7. The van der Waals surface area contributed by atoms with Crippen molar-refractivity contribution < 1.29 is 4.79 Å². The third kappa shape index (κ3) is 2.79. The Balaban J connectivity index is 1.39. The first kappa shape index (κ1) is 15.3. The van der Waals surface area contributed by atoms with Gasteiger partial charge in [0.2, 0.25) is 5.91 Å². The van der Waals surface area contributed by atoms with E-state index in [0.29, 0.717) is 6.54 Å². The molecule has 2 aromatic heterocycles. The van der Waals surface area contributed by atoms with Crippen LogP contribution in [0.1, 0.15) is 12.8 Å². The molecule has 4 heterocycles. The summed E-state index contributed by atoms with van der Waals surface area (Å²) in [5, 5.41) is 8.21. The number of rotatable bonds is 3. The van der Waals surface area contributed by atoms with Gasteiger partial charge in [-0.1, -0.05) is 5.21 Å². The molecule has 0 N–H and O–H groups in total. The highest BCUT2D eigenvalue weighted by Gasteiger charge is 2.25. The summed E-state index contributed by atoms with van der Waals surface area (Å²) in [6, 6.07) is 0. The fraction of sp³-hybridized carbons (Fsp3) is 0.667. The van der Waals surface area contributed by atoms with Gasteiger partial charge >= 0.3 is 0 Å². The average molecular weight is 330 g/mol. The molecular weight excluding hydrogens is 308 g/mol. The van der Waals surface area contributed by atoms with E-state index in [4.69, 9.17) is 0 Å². The first-order valence-corrected chi connectivity index (χ1v) is 8.48. The molecule has 0 radical (unpaired) electrons. The Kier molecular flexibility index (Phi) is 4.01. The lowest BCUT2D eigenvalue weighted by molar-refractivity contribution is -0.131. The van der Waals surface area contributed by atoms with Crippen LogP contribution in [0.25, 0.3) is 11.2 Å². The van der Waals surface area contributed by atoms with Crippen molar-refractivity contribution in [2.45, 2.75) is 12.8 Å². The number of piperazine rings is 1. The highest BCUT2D eigenvalue weighted by Crippen LogP contribution is 2.21. The highest BCUT2D eigenvalue weighted by atomic mass is 16.2. The summed E-state index contributed by atoms with van der Waals surface area (Å²) in [6.45, 7) is 5.73. The van der Waals surface area contributed by atoms with Gasteiger partial charge in [-0.3, -0.25) is 9.69 Å². The summed E-state index contributed by atoms with van der Waals surface area (Å²) >= 11 is 0.